The zero-order chi connectivity index (χ0) is 32.1. The van der Waals surface area contributed by atoms with Gasteiger partial charge in [0.2, 0.25) is 5.91 Å². The van der Waals surface area contributed by atoms with E-state index in [4.69, 9.17) is 0 Å². The van der Waals surface area contributed by atoms with Crippen LogP contribution in [0.25, 0.3) is 0 Å². The second kappa shape index (κ2) is 79.1. The third-order valence-corrected chi connectivity index (χ3v) is 6.27. The van der Waals surface area contributed by atoms with Gasteiger partial charge in [-0.1, -0.05) is 161 Å². The van der Waals surface area contributed by atoms with Gasteiger partial charge in [-0.05, 0) is 44.6 Å². The Labute approximate surface area is 305 Å². The van der Waals surface area contributed by atoms with Gasteiger partial charge in [0.15, 0.2) is 0 Å². The molecule has 0 aromatic carbocycles. The van der Waals surface area contributed by atoms with Crippen LogP contribution in [0.3, 0.4) is 0 Å². The van der Waals surface area contributed by atoms with E-state index in [-0.39, 0.29) is 57.9 Å². The van der Waals surface area contributed by atoms with Gasteiger partial charge >= 0.3 is 0 Å². The summed E-state index contributed by atoms with van der Waals surface area (Å²) in [5.41, 5.74) is 5.92. The van der Waals surface area contributed by atoms with E-state index in [9.17, 15) is 4.79 Å². The van der Waals surface area contributed by atoms with Crippen LogP contribution in [0.1, 0.15) is 178 Å². The zero-order valence-corrected chi connectivity index (χ0v) is 30.2. The minimum absolute atomic E-state index is 0. The van der Waals surface area contributed by atoms with E-state index < -0.39 is 0 Å². The van der Waals surface area contributed by atoms with Crippen molar-refractivity contribution in [2.24, 2.45) is 17.6 Å². The lowest BCUT2D eigenvalue weighted by atomic mass is 9.88. The van der Waals surface area contributed by atoms with Crippen LogP contribution < -0.4 is 11.1 Å². The molecule has 2 heterocycles. The molecule has 0 saturated carbocycles. The Morgan fingerprint density at radius 1 is 0.739 bits per heavy atom. The van der Waals surface area contributed by atoms with E-state index in [0.29, 0.717) is 12.3 Å². The van der Waals surface area contributed by atoms with Crippen molar-refractivity contribution in [1.82, 2.24) is 15.3 Å². The molecule has 0 fully saturated rings. The molecule has 290 valence electrons. The van der Waals surface area contributed by atoms with E-state index in [2.05, 4.69) is 83.0 Å². The topological polar surface area (TPSA) is 80.9 Å². The summed E-state index contributed by atoms with van der Waals surface area (Å²) in [6.45, 7) is 31.3. The number of amides is 1. The molecular formula is C39H96N4OS2. The number of nitrogens with two attached hydrogens (primary N) is 1. The normalized spacial score (nSPS) is 7.00. The molecule has 46 heavy (non-hydrogen) atoms. The van der Waals surface area contributed by atoms with E-state index in [1.807, 2.05) is 57.8 Å². The first-order chi connectivity index (χ1) is 18.7. The van der Waals surface area contributed by atoms with Crippen LogP contribution in [0.15, 0.2) is 35.3 Å². The van der Waals surface area contributed by atoms with E-state index in [0.717, 1.165) is 18.8 Å². The number of aromatic nitrogens is 2. The number of thiazole rings is 2. The molecular weight excluding hydrogens is 605 g/mol. The van der Waals surface area contributed by atoms with Crippen LogP contribution >= 0.6 is 22.7 Å². The van der Waals surface area contributed by atoms with Gasteiger partial charge in [0.05, 0.1) is 10.0 Å². The van der Waals surface area contributed by atoms with Crippen molar-refractivity contribution in [2.75, 3.05) is 14.1 Å². The van der Waals surface area contributed by atoms with Gasteiger partial charge in [0.1, 0.15) is 0 Å². The first kappa shape index (κ1) is 84.8. The maximum Gasteiger partial charge on any atom is 0.219 e. The Bertz CT molecular complexity index is 601. The maximum absolute atomic E-state index is 10.1. The van der Waals surface area contributed by atoms with E-state index in [1.165, 1.54) is 41.9 Å². The van der Waals surface area contributed by atoms with Crippen LogP contribution in [0, 0.1) is 11.8 Å². The summed E-state index contributed by atoms with van der Waals surface area (Å²) < 4.78 is 0. The van der Waals surface area contributed by atoms with Crippen molar-refractivity contribution in [3.63, 3.8) is 0 Å². The lowest BCUT2D eigenvalue weighted by Gasteiger charge is -2.18. The highest BCUT2D eigenvalue weighted by molar-refractivity contribution is 7.09. The molecule has 0 unspecified atom stereocenters. The molecule has 5 nitrogen and oxygen atoms in total. The van der Waals surface area contributed by atoms with Crippen LogP contribution in [-0.4, -0.2) is 30.0 Å². The molecule has 2 aromatic rings. The summed E-state index contributed by atoms with van der Waals surface area (Å²) in [5, 5.41) is 8.92. The number of allylic oxidation sites excluding steroid dienone is 1. The van der Waals surface area contributed by atoms with Gasteiger partial charge in [-0.25, -0.2) is 9.97 Å². The van der Waals surface area contributed by atoms with Crippen LogP contribution in [0.5, 0.6) is 0 Å². The van der Waals surface area contributed by atoms with Gasteiger partial charge in [-0.3, -0.25) is 4.79 Å². The number of hydrogen-bond acceptors (Lipinski definition) is 6. The van der Waals surface area contributed by atoms with Crippen molar-refractivity contribution in [1.29, 1.82) is 0 Å². The van der Waals surface area contributed by atoms with Crippen LogP contribution in [0.4, 0.5) is 0 Å². The highest BCUT2D eigenvalue weighted by atomic mass is 32.1. The van der Waals surface area contributed by atoms with Gasteiger partial charge in [-0.2, -0.15) is 0 Å². The van der Waals surface area contributed by atoms with Gasteiger partial charge in [0, 0.05) is 36.6 Å². The fourth-order valence-corrected chi connectivity index (χ4v) is 3.45. The number of nitrogens with zero attached hydrogens (tertiary/aromatic N) is 2. The summed E-state index contributed by atoms with van der Waals surface area (Å²) in [6, 6.07) is 0. The van der Waals surface area contributed by atoms with Crippen molar-refractivity contribution >= 4 is 28.6 Å². The van der Waals surface area contributed by atoms with Crippen molar-refractivity contribution in [3.8, 4) is 0 Å². The minimum Gasteiger partial charge on any atom is -0.359 e. The standard InChI is InChI=1S/C10H20.2C5H7NS.C4H9NO.C3H8.2C2H6.CH5N.7CH4/c1-6-10(7-2)9(5)8(3)4;2*1-2-5-6-3-4-7-5;1-3-4(6)5-2;1-3-2;3*1-2;;;;;;;/h8,10H,5-7H2,1-4H3;2*3-4H,2H2,1H3;3H2,1-2H3,(H,5,6);3H2,1-2H3;2*1-2H3;2H2,1H3;7*1H4. The van der Waals surface area contributed by atoms with E-state index >= 15 is 0 Å². The molecule has 0 saturated heterocycles. The molecule has 1 amide bonds. The highest BCUT2D eigenvalue weighted by Crippen LogP contribution is 2.23. The lowest BCUT2D eigenvalue weighted by Crippen LogP contribution is -2.15. The van der Waals surface area contributed by atoms with Gasteiger partial charge in [0.25, 0.3) is 0 Å². The molecule has 0 aliphatic rings. The molecule has 3 N–H and O–H groups in total. The monoisotopic (exact) mass is 701 g/mol. The number of aryl methyl sites for hydroxylation is 2. The fraction of sp³-hybridized carbons (Fsp3) is 0.769. The number of carbonyl (C=O) groups excluding carboxylic acids is 1. The lowest BCUT2D eigenvalue weighted by molar-refractivity contribution is -0.120. The minimum atomic E-state index is 0. The largest absolute Gasteiger partial charge is 0.359 e. The summed E-state index contributed by atoms with van der Waals surface area (Å²) in [4.78, 5) is 18.2. The first-order valence-electron chi connectivity index (χ1n) is 15.0. The Hall–Kier alpha value is -1.57. The van der Waals surface area contributed by atoms with Crippen LogP contribution in [-0.2, 0) is 17.6 Å². The Kier molecular flexibility index (Phi) is 146. The molecule has 0 bridgehead atoms. The summed E-state index contributed by atoms with van der Waals surface area (Å²) in [5.74, 6) is 1.50. The Morgan fingerprint density at radius 3 is 1.09 bits per heavy atom. The molecule has 0 atom stereocenters. The number of nitrogens with one attached hydrogen (secondary N) is 1. The summed E-state index contributed by atoms with van der Waals surface area (Å²) in [6.07, 6.45) is 10.1. The van der Waals surface area contributed by atoms with Crippen molar-refractivity contribution in [2.45, 2.75) is 181 Å². The number of hydrogen-bond donors (Lipinski definition) is 2. The molecule has 0 aliphatic heterocycles. The number of carbonyl (C=O) groups is 1. The van der Waals surface area contributed by atoms with Crippen molar-refractivity contribution in [3.05, 3.63) is 45.3 Å². The highest BCUT2D eigenvalue weighted by Gasteiger charge is 2.10. The van der Waals surface area contributed by atoms with Crippen molar-refractivity contribution < 1.29 is 4.79 Å². The fourth-order valence-electron chi connectivity index (χ4n) is 2.32. The molecule has 2 rings (SSSR count). The average Bonchev–Trinajstić information content (AvgIpc) is 3.72. The molecule has 7 heteroatoms. The molecule has 0 radical (unpaired) electrons. The van der Waals surface area contributed by atoms with E-state index in [1.54, 1.807) is 29.7 Å². The average molecular weight is 701 g/mol. The van der Waals surface area contributed by atoms with Crippen LogP contribution in [0.2, 0.25) is 0 Å². The Morgan fingerprint density at radius 2 is 1.02 bits per heavy atom. The summed E-state index contributed by atoms with van der Waals surface area (Å²) in [7, 11) is 3.13. The quantitative estimate of drug-likeness (QED) is 0.282. The predicted molar refractivity (Wildman–Crippen MR) is 231 cm³/mol. The summed E-state index contributed by atoms with van der Waals surface area (Å²) >= 11 is 3.42. The SMILES string of the molecule is C.C.C.C.C.C.C.C=C(C(C)C)C(CC)CC.CC.CC.CCC.CCC(=O)NC.CCc1nccs1.CCc1nccs1.CN. The zero-order valence-electron chi connectivity index (χ0n) is 28.6. The third kappa shape index (κ3) is 69.2. The number of rotatable bonds is 7. The van der Waals surface area contributed by atoms with Gasteiger partial charge in [-0.15, -0.1) is 22.7 Å². The predicted octanol–water partition coefficient (Wildman–Crippen LogP) is 14.7. The second-order valence-electron chi connectivity index (χ2n) is 7.54. The molecule has 0 spiro atoms. The second-order valence-corrected chi connectivity index (χ2v) is 9.49. The maximum atomic E-state index is 10.1. The third-order valence-electron chi connectivity index (χ3n) is 4.42. The first-order valence-corrected chi connectivity index (χ1v) is 16.7. The Balaban J connectivity index is -0.0000000255. The van der Waals surface area contributed by atoms with Gasteiger partial charge < -0.3 is 11.1 Å². The molecule has 2 aromatic heterocycles. The smallest absolute Gasteiger partial charge is 0.219 e. The molecule has 0 aliphatic carbocycles.